The molecule has 1 heterocycles. The number of fused-ring (bicyclic) bond motifs is 3. The van der Waals surface area contributed by atoms with Crippen molar-refractivity contribution in [3.8, 4) is 73.5 Å². The van der Waals surface area contributed by atoms with E-state index in [9.17, 15) is 10.5 Å². The Hall–Kier alpha value is -7.46. The lowest BCUT2D eigenvalue weighted by atomic mass is 9.90. The highest BCUT2D eigenvalue weighted by molar-refractivity contribution is 6.13. The summed E-state index contributed by atoms with van der Waals surface area (Å²) in [5.74, 6) is 0. The van der Waals surface area contributed by atoms with Crippen molar-refractivity contribution in [3.05, 3.63) is 199 Å². The van der Waals surface area contributed by atoms with Crippen molar-refractivity contribution in [2.75, 3.05) is 0 Å². The molecule has 8 aromatic carbocycles. The summed E-state index contributed by atoms with van der Waals surface area (Å²) in [6.07, 6.45) is 0. The van der Waals surface area contributed by atoms with Crippen LogP contribution in [0.2, 0.25) is 0 Å². The van der Waals surface area contributed by atoms with Gasteiger partial charge in [0.05, 0.1) is 40.0 Å². The van der Waals surface area contributed by atoms with E-state index >= 15 is 0 Å². The summed E-state index contributed by atoms with van der Waals surface area (Å²) in [5.41, 5.74) is 15.3. The van der Waals surface area contributed by atoms with Gasteiger partial charge in [0.1, 0.15) is 0 Å². The van der Waals surface area contributed by atoms with E-state index in [1.54, 1.807) is 0 Å². The molecule has 0 N–H and O–H groups in total. The van der Waals surface area contributed by atoms with Crippen molar-refractivity contribution < 1.29 is 0 Å². The first kappa shape index (κ1) is 31.5. The lowest BCUT2D eigenvalue weighted by Gasteiger charge is -2.21. The van der Waals surface area contributed by atoms with Gasteiger partial charge < -0.3 is 4.57 Å². The van der Waals surface area contributed by atoms with Gasteiger partial charge in [-0.2, -0.15) is 10.5 Å². The molecule has 0 fully saturated rings. The van der Waals surface area contributed by atoms with Gasteiger partial charge in [-0.05, 0) is 105 Å². The Balaban J connectivity index is 1.42. The van der Waals surface area contributed by atoms with Gasteiger partial charge in [-0.3, -0.25) is 0 Å². The van der Waals surface area contributed by atoms with E-state index in [2.05, 4.69) is 150 Å². The van der Waals surface area contributed by atoms with E-state index < -0.39 is 0 Å². The van der Waals surface area contributed by atoms with Crippen LogP contribution in [0.1, 0.15) is 11.1 Å². The Morgan fingerprint density at radius 3 is 1.06 bits per heavy atom. The molecule has 0 amide bonds. The van der Waals surface area contributed by atoms with E-state index in [0.29, 0.717) is 11.1 Å². The van der Waals surface area contributed by atoms with Gasteiger partial charge in [-0.25, -0.2) is 0 Å². The minimum absolute atomic E-state index is 0.612. The van der Waals surface area contributed by atoms with Crippen molar-refractivity contribution >= 4 is 21.8 Å². The van der Waals surface area contributed by atoms with Gasteiger partial charge in [0.15, 0.2) is 0 Å². The molecule has 0 aliphatic carbocycles. The molecular weight excluding hydrogens is 643 g/mol. The average Bonchev–Trinajstić information content (AvgIpc) is 3.56. The Morgan fingerprint density at radius 2 is 0.679 bits per heavy atom. The Morgan fingerprint density at radius 1 is 0.321 bits per heavy atom. The van der Waals surface area contributed by atoms with Crippen LogP contribution in [0.4, 0.5) is 0 Å². The second-order valence-corrected chi connectivity index (χ2v) is 13.2. The Labute approximate surface area is 308 Å². The molecule has 0 aliphatic heterocycles. The number of nitriles is 2. The summed E-state index contributed by atoms with van der Waals surface area (Å²) < 4.78 is 2.41. The van der Waals surface area contributed by atoms with Crippen molar-refractivity contribution in [3.63, 3.8) is 0 Å². The summed E-state index contributed by atoms with van der Waals surface area (Å²) in [6, 6.07) is 69.9. The molecule has 9 aromatic rings. The minimum Gasteiger partial charge on any atom is -0.308 e. The predicted molar refractivity (Wildman–Crippen MR) is 217 cm³/mol. The van der Waals surface area contributed by atoms with E-state index in [4.69, 9.17) is 0 Å². The zero-order valence-corrected chi connectivity index (χ0v) is 28.7. The number of rotatable bonds is 6. The van der Waals surface area contributed by atoms with Crippen molar-refractivity contribution in [2.45, 2.75) is 0 Å². The van der Waals surface area contributed by atoms with Crippen LogP contribution in [0.3, 0.4) is 0 Å². The van der Waals surface area contributed by atoms with Crippen LogP contribution >= 0.6 is 0 Å². The number of hydrogen-bond acceptors (Lipinski definition) is 2. The molecule has 0 bridgehead atoms. The molecule has 0 saturated carbocycles. The predicted octanol–water partition coefficient (Wildman–Crippen LogP) is 12.9. The maximum atomic E-state index is 9.70. The number of aromatic nitrogens is 1. The lowest BCUT2D eigenvalue weighted by molar-refractivity contribution is 1.18. The van der Waals surface area contributed by atoms with Gasteiger partial charge >= 0.3 is 0 Å². The lowest BCUT2D eigenvalue weighted by Crippen LogP contribution is -2.02. The minimum atomic E-state index is 0.612. The molecule has 0 unspecified atom stereocenters. The quantitative estimate of drug-likeness (QED) is 0.176. The molecule has 53 heavy (non-hydrogen) atoms. The van der Waals surface area contributed by atoms with Crippen LogP contribution in [-0.4, -0.2) is 4.57 Å². The normalized spacial score (nSPS) is 11.0. The molecule has 0 radical (unpaired) electrons. The van der Waals surface area contributed by atoms with Crippen LogP contribution in [-0.2, 0) is 0 Å². The molecule has 0 atom stereocenters. The zero-order valence-electron chi connectivity index (χ0n) is 28.7. The second-order valence-electron chi connectivity index (χ2n) is 13.2. The second kappa shape index (κ2) is 13.3. The van der Waals surface area contributed by atoms with Gasteiger partial charge in [-0.15, -0.1) is 0 Å². The summed E-state index contributed by atoms with van der Waals surface area (Å²) in [4.78, 5) is 0. The number of nitrogens with zero attached hydrogens (tertiary/aromatic N) is 3. The van der Waals surface area contributed by atoms with E-state index in [0.717, 1.165) is 72.0 Å². The number of hydrogen-bond donors (Lipinski definition) is 0. The van der Waals surface area contributed by atoms with Crippen molar-refractivity contribution in [1.82, 2.24) is 4.57 Å². The van der Waals surface area contributed by atoms with Gasteiger partial charge in [0.2, 0.25) is 0 Å². The molecule has 9 rings (SSSR count). The highest BCUT2D eigenvalue weighted by atomic mass is 15.0. The maximum absolute atomic E-state index is 9.70. The standard InChI is InChI=1S/C50H31N3/c51-32-34-16-20-39(21-17-34)44-30-43(38-14-8-3-9-15-38)31-45(40-22-18-35(33-52)19-23-40)50(44)53-48-26-24-41(36-10-4-1-5-11-36)28-46(48)47-29-42(25-27-49(47)53)37-12-6-2-7-13-37/h1-31H. The first-order chi connectivity index (χ1) is 26.2. The molecular formula is C50H31N3. The molecule has 3 nitrogen and oxygen atoms in total. The van der Waals surface area contributed by atoms with Crippen LogP contribution in [0.15, 0.2) is 188 Å². The van der Waals surface area contributed by atoms with Gasteiger partial charge in [0, 0.05) is 21.9 Å². The fourth-order valence-electron chi connectivity index (χ4n) is 7.45. The third-order valence-electron chi connectivity index (χ3n) is 10.1. The molecule has 0 saturated heterocycles. The summed E-state index contributed by atoms with van der Waals surface area (Å²) in [7, 11) is 0. The topological polar surface area (TPSA) is 52.5 Å². The zero-order chi connectivity index (χ0) is 35.7. The molecule has 3 heteroatoms. The first-order valence-electron chi connectivity index (χ1n) is 17.6. The molecule has 0 aliphatic rings. The SMILES string of the molecule is N#Cc1ccc(-c2cc(-c3ccccc3)cc(-c3ccc(C#N)cc3)c2-n2c3ccc(-c4ccccc4)cc3c3cc(-c4ccccc4)ccc32)cc1. The van der Waals surface area contributed by atoms with Crippen molar-refractivity contribution in [2.24, 2.45) is 0 Å². The third kappa shape index (κ3) is 5.74. The monoisotopic (exact) mass is 673 g/mol. The van der Waals surface area contributed by atoms with Crippen LogP contribution < -0.4 is 0 Å². The molecule has 1 aromatic heterocycles. The fourth-order valence-corrected chi connectivity index (χ4v) is 7.45. The Kier molecular flexibility index (Phi) is 7.94. The highest BCUT2D eigenvalue weighted by Gasteiger charge is 2.22. The van der Waals surface area contributed by atoms with Gasteiger partial charge in [0.25, 0.3) is 0 Å². The Bertz CT molecular complexity index is 2680. The number of benzene rings is 8. The maximum Gasteiger partial charge on any atom is 0.0991 e. The summed E-state index contributed by atoms with van der Waals surface area (Å²) in [6.45, 7) is 0. The largest absolute Gasteiger partial charge is 0.308 e. The average molecular weight is 674 g/mol. The third-order valence-corrected chi connectivity index (χ3v) is 10.1. The van der Waals surface area contributed by atoms with Gasteiger partial charge in [-0.1, -0.05) is 127 Å². The fraction of sp³-hybridized carbons (Fsp3) is 0. The van der Waals surface area contributed by atoms with E-state index in [1.807, 2.05) is 54.6 Å². The van der Waals surface area contributed by atoms with E-state index in [1.165, 1.54) is 11.1 Å². The van der Waals surface area contributed by atoms with Crippen LogP contribution in [0, 0.1) is 22.7 Å². The summed E-state index contributed by atoms with van der Waals surface area (Å²) in [5, 5.41) is 21.7. The summed E-state index contributed by atoms with van der Waals surface area (Å²) >= 11 is 0. The molecule has 0 spiro atoms. The first-order valence-corrected chi connectivity index (χ1v) is 17.6. The smallest absolute Gasteiger partial charge is 0.0991 e. The van der Waals surface area contributed by atoms with Crippen molar-refractivity contribution in [1.29, 1.82) is 10.5 Å². The highest BCUT2D eigenvalue weighted by Crippen LogP contribution is 2.45. The van der Waals surface area contributed by atoms with Crippen LogP contribution in [0.5, 0.6) is 0 Å². The molecule has 246 valence electrons. The van der Waals surface area contributed by atoms with E-state index in [-0.39, 0.29) is 0 Å². The van der Waals surface area contributed by atoms with Crippen LogP contribution in [0.25, 0.3) is 83.1 Å².